The Morgan fingerprint density at radius 3 is 2.57 bits per heavy atom. The number of ether oxygens (including phenoxy) is 3. The first kappa shape index (κ1) is 21.5. The summed E-state index contributed by atoms with van der Waals surface area (Å²) in [5.74, 6) is -0.807. The molecule has 0 radical (unpaired) electrons. The summed E-state index contributed by atoms with van der Waals surface area (Å²) in [6.45, 7) is 0.481. The smallest absolute Gasteiger partial charge is 0.431 e. The van der Waals surface area contributed by atoms with Crippen LogP contribution in [0.4, 0.5) is 13.2 Å². The summed E-state index contributed by atoms with van der Waals surface area (Å²) in [6, 6.07) is 6.34. The Morgan fingerprint density at radius 1 is 1.27 bits per heavy atom. The van der Waals surface area contributed by atoms with Gasteiger partial charge < -0.3 is 29.7 Å². The molecule has 1 aromatic carbocycles. The Balaban J connectivity index is 1.82. The van der Waals surface area contributed by atoms with Gasteiger partial charge in [0, 0.05) is 5.56 Å². The number of alkyl halides is 3. The number of hydrogen-bond acceptors (Lipinski definition) is 6. The maximum atomic E-state index is 13.4. The van der Waals surface area contributed by atoms with E-state index in [1.54, 1.807) is 4.98 Å². The fourth-order valence-electron chi connectivity index (χ4n) is 2.88. The number of aromatic amines is 1. The summed E-state index contributed by atoms with van der Waals surface area (Å²) >= 11 is 0. The number of carbonyl (C=O) groups excluding carboxylic acids is 2. The van der Waals surface area contributed by atoms with Crippen molar-refractivity contribution in [2.75, 3.05) is 19.8 Å². The minimum absolute atomic E-state index is 0.0714. The molecule has 2 atom stereocenters. The molecule has 1 aromatic heterocycles. The Hall–Kier alpha value is -3.18. The van der Waals surface area contributed by atoms with Crippen molar-refractivity contribution >= 4 is 12.2 Å². The molecule has 3 N–H and O–H groups in total. The predicted molar refractivity (Wildman–Crippen MR) is 97.1 cm³/mol. The molecule has 3 rings (SSSR count). The first-order valence-corrected chi connectivity index (χ1v) is 8.75. The van der Waals surface area contributed by atoms with Gasteiger partial charge in [-0.15, -0.1) is 0 Å². The van der Waals surface area contributed by atoms with Crippen LogP contribution in [0.15, 0.2) is 35.1 Å². The standard InChI is InChI=1S/C19H17F3N2O6/c20-19(21,22)16-14(5-15(17(23)26)18(27)24-16)10-1-3-11(4-2-10)29-9-13-8-28-7-12(6-25)30-13/h1-6,12-13H,7-9H2,(H2,23,26)(H,24,27). The highest BCUT2D eigenvalue weighted by atomic mass is 19.4. The normalized spacial score (nSPS) is 19.3. The molecular weight excluding hydrogens is 409 g/mol. The van der Waals surface area contributed by atoms with E-state index in [9.17, 15) is 27.6 Å². The quantitative estimate of drug-likeness (QED) is 0.676. The highest BCUT2D eigenvalue weighted by Crippen LogP contribution is 2.35. The summed E-state index contributed by atoms with van der Waals surface area (Å²) in [5, 5.41) is 0. The second-order valence-corrected chi connectivity index (χ2v) is 6.47. The maximum Gasteiger partial charge on any atom is 0.431 e. The molecule has 8 nitrogen and oxygen atoms in total. The topological polar surface area (TPSA) is 121 Å². The SMILES string of the molecule is NC(=O)c1cc(-c2ccc(OCC3COCC(C=O)O3)cc2)c(C(F)(F)F)[nH]c1=O. The van der Waals surface area contributed by atoms with Crippen LogP contribution in [0.1, 0.15) is 16.1 Å². The van der Waals surface area contributed by atoms with Gasteiger partial charge in [-0.3, -0.25) is 9.59 Å². The second kappa shape index (κ2) is 8.67. The molecule has 1 saturated heterocycles. The number of rotatable bonds is 6. The molecule has 1 aliphatic rings. The van der Waals surface area contributed by atoms with E-state index in [1.165, 1.54) is 24.3 Å². The van der Waals surface area contributed by atoms with Gasteiger partial charge in [-0.05, 0) is 23.8 Å². The molecule has 160 valence electrons. The maximum absolute atomic E-state index is 13.4. The van der Waals surface area contributed by atoms with E-state index in [0.29, 0.717) is 12.0 Å². The Bertz CT molecular complexity index is 987. The molecule has 1 aliphatic heterocycles. The lowest BCUT2D eigenvalue weighted by Crippen LogP contribution is -2.40. The number of aldehydes is 1. The van der Waals surface area contributed by atoms with Crippen molar-refractivity contribution in [2.45, 2.75) is 18.4 Å². The number of aromatic nitrogens is 1. The van der Waals surface area contributed by atoms with Crippen LogP contribution in [0.25, 0.3) is 11.1 Å². The Labute approximate surface area is 167 Å². The molecule has 11 heteroatoms. The third-order valence-corrected chi connectivity index (χ3v) is 4.30. The van der Waals surface area contributed by atoms with E-state index >= 15 is 0 Å². The van der Waals surface area contributed by atoms with Crippen LogP contribution < -0.4 is 16.0 Å². The van der Waals surface area contributed by atoms with Crippen molar-refractivity contribution in [3.8, 4) is 16.9 Å². The second-order valence-electron chi connectivity index (χ2n) is 6.47. The minimum Gasteiger partial charge on any atom is -0.491 e. The number of pyridine rings is 1. The number of halogens is 3. The number of nitrogens with one attached hydrogen (secondary N) is 1. The fourth-order valence-corrected chi connectivity index (χ4v) is 2.88. The van der Waals surface area contributed by atoms with Crippen LogP contribution in [-0.2, 0) is 20.4 Å². The lowest BCUT2D eigenvalue weighted by Gasteiger charge is -2.27. The van der Waals surface area contributed by atoms with Gasteiger partial charge in [0.2, 0.25) is 0 Å². The van der Waals surface area contributed by atoms with Crippen molar-refractivity contribution in [3.05, 3.63) is 51.9 Å². The monoisotopic (exact) mass is 426 g/mol. The molecule has 1 fully saturated rings. The molecule has 0 aliphatic carbocycles. The average molecular weight is 426 g/mol. The van der Waals surface area contributed by atoms with Gasteiger partial charge in [0.15, 0.2) is 6.29 Å². The number of hydrogen-bond donors (Lipinski definition) is 2. The van der Waals surface area contributed by atoms with E-state index < -0.39 is 46.7 Å². The van der Waals surface area contributed by atoms with Crippen LogP contribution in [0.2, 0.25) is 0 Å². The molecule has 0 bridgehead atoms. The molecule has 1 amide bonds. The summed E-state index contributed by atoms with van der Waals surface area (Å²) in [6.07, 6.45) is -5.37. The molecule has 0 saturated carbocycles. The van der Waals surface area contributed by atoms with Gasteiger partial charge in [0.25, 0.3) is 11.5 Å². The number of H-pyrrole nitrogens is 1. The van der Waals surface area contributed by atoms with Gasteiger partial charge in [-0.2, -0.15) is 13.2 Å². The summed E-state index contributed by atoms with van der Waals surface area (Å²) in [7, 11) is 0. The molecule has 2 aromatic rings. The molecule has 0 spiro atoms. The summed E-state index contributed by atoms with van der Waals surface area (Å²) in [4.78, 5) is 35.5. The molecule has 2 unspecified atom stereocenters. The van der Waals surface area contributed by atoms with Gasteiger partial charge in [-0.25, -0.2) is 0 Å². The zero-order chi connectivity index (χ0) is 21.9. The number of carbonyl (C=O) groups is 2. The van der Waals surface area contributed by atoms with E-state index in [2.05, 4.69) is 0 Å². The summed E-state index contributed by atoms with van der Waals surface area (Å²) < 4.78 is 56.2. The predicted octanol–water partition coefficient (Wildman–Crippen LogP) is 1.52. The number of benzene rings is 1. The van der Waals surface area contributed by atoms with Gasteiger partial charge in [0.1, 0.15) is 35.8 Å². The number of primary amides is 1. The van der Waals surface area contributed by atoms with Crippen LogP contribution in [0.3, 0.4) is 0 Å². The van der Waals surface area contributed by atoms with Gasteiger partial charge in [0.05, 0.1) is 13.2 Å². The summed E-state index contributed by atoms with van der Waals surface area (Å²) in [5.41, 5.74) is 1.66. The van der Waals surface area contributed by atoms with Gasteiger partial charge >= 0.3 is 6.18 Å². The van der Waals surface area contributed by atoms with Crippen molar-refractivity contribution in [1.82, 2.24) is 4.98 Å². The number of nitrogens with two attached hydrogens (primary N) is 1. The van der Waals surface area contributed by atoms with Crippen LogP contribution >= 0.6 is 0 Å². The zero-order valence-electron chi connectivity index (χ0n) is 15.4. The third kappa shape index (κ3) is 4.86. The van der Waals surface area contributed by atoms with Crippen molar-refractivity contribution in [2.24, 2.45) is 5.73 Å². The van der Waals surface area contributed by atoms with Crippen molar-refractivity contribution < 1.29 is 37.0 Å². The van der Waals surface area contributed by atoms with Crippen molar-refractivity contribution in [3.63, 3.8) is 0 Å². The van der Waals surface area contributed by atoms with Crippen LogP contribution in [-0.4, -0.2) is 49.2 Å². The van der Waals surface area contributed by atoms with Crippen LogP contribution in [0, 0.1) is 0 Å². The number of amides is 1. The van der Waals surface area contributed by atoms with Crippen molar-refractivity contribution in [1.29, 1.82) is 0 Å². The lowest BCUT2D eigenvalue weighted by molar-refractivity contribution is -0.156. The fraction of sp³-hybridized carbons (Fsp3) is 0.316. The molecule has 2 heterocycles. The lowest BCUT2D eigenvalue weighted by atomic mass is 10.0. The third-order valence-electron chi connectivity index (χ3n) is 4.30. The Morgan fingerprint density at radius 2 is 1.97 bits per heavy atom. The Kier molecular flexibility index (Phi) is 6.22. The first-order chi connectivity index (χ1) is 14.2. The largest absolute Gasteiger partial charge is 0.491 e. The first-order valence-electron chi connectivity index (χ1n) is 8.75. The highest BCUT2D eigenvalue weighted by molar-refractivity contribution is 5.94. The van der Waals surface area contributed by atoms with E-state index in [-0.39, 0.29) is 25.4 Å². The van der Waals surface area contributed by atoms with E-state index in [1.807, 2.05) is 0 Å². The molecular formula is C19H17F3N2O6. The van der Waals surface area contributed by atoms with Crippen LogP contribution in [0.5, 0.6) is 5.75 Å². The van der Waals surface area contributed by atoms with E-state index in [0.717, 1.165) is 6.07 Å². The zero-order valence-corrected chi connectivity index (χ0v) is 15.4. The molecule has 30 heavy (non-hydrogen) atoms. The minimum atomic E-state index is -4.85. The van der Waals surface area contributed by atoms with E-state index in [4.69, 9.17) is 19.9 Å². The van der Waals surface area contributed by atoms with Gasteiger partial charge in [-0.1, -0.05) is 12.1 Å². The average Bonchev–Trinajstić information content (AvgIpc) is 2.72. The highest BCUT2D eigenvalue weighted by Gasteiger charge is 2.36.